The van der Waals surface area contributed by atoms with Gasteiger partial charge in [0, 0.05) is 26.1 Å². The molecule has 1 saturated heterocycles. The second-order valence-corrected chi connectivity index (χ2v) is 5.03. The maximum Gasteiger partial charge on any atom is 0.381 e. The topological polar surface area (TPSA) is 90.5 Å². The van der Waals surface area contributed by atoms with Crippen molar-refractivity contribution in [2.24, 2.45) is 0 Å². The molecule has 110 valence electrons. The SMILES string of the molecule is C[C@@H]1CN(C(=O)CCn2cnc([N+](=O)[O-])c2)C[C@H](C)O1. The molecule has 1 fully saturated rings. The summed E-state index contributed by atoms with van der Waals surface area (Å²) in [6.07, 6.45) is 3.08. The van der Waals surface area contributed by atoms with Crippen LogP contribution in [0.15, 0.2) is 12.5 Å². The Morgan fingerprint density at radius 2 is 2.15 bits per heavy atom. The van der Waals surface area contributed by atoms with Crippen molar-refractivity contribution in [3.05, 3.63) is 22.6 Å². The molecule has 0 bridgehead atoms. The summed E-state index contributed by atoms with van der Waals surface area (Å²) in [5.74, 6) is -0.172. The Bertz CT molecular complexity index is 491. The quantitative estimate of drug-likeness (QED) is 0.602. The fourth-order valence-electron chi connectivity index (χ4n) is 2.33. The van der Waals surface area contributed by atoms with Crippen LogP contribution in [0, 0.1) is 10.1 Å². The van der Waals surface area contributed by atoms with E-state index in [1.165, 1.54) is 12.5 Å². The summed E-state index contributed by atoms with van der Waals surface area (Å²) in [5, 5.41) is 10.5. The van der Waals surface area contributed by atoms with Crippen LogP contribution in [0.25, 0.3) is 0 Å². The summed E-state index contributed by atoms with van der Waals surface area (Å²) in [6.45, 7) is 5.45. The van der Waals surface area contributed by atoms with Gasteiger partial charge in [0.25, 0.3) is 0 Å². The van der Waals surface area contributed by atoms with E-state index in [0.717, 1.165) is 0 Å². The van der Waals surface area contributed by atoms with Crippen LogP contribution in [0.1, 0.15) is 20.3 Å². The Morgan fingerprint density at radius 1 is 1.50 bits per heavy atom. The number of morpholine rings is 1. The molecular formula is C12H18N4O4. The first kappa shape index (κ1) is 14.4. The lowest BCUT2D eigenvalue weighted by Crippen LogP contribution is -2.48. The van der Waals surface area contributed by atoms with Gasteiger partial charge in [-0.2, -0.15) is 0 Å². The zero-order valence-corrected chi connectivity index (χ0v) is 11.6. The largest absolute Gasteiger partial charge is 0.381 e. The molecular weight excluding hydrogens is 264 g/mol. The zero-order valence-electron chi connectivity index (χ0n) is 11.6. The molecule has 1 aromatic heterocycles. The van der Waals surface area contributed by atoms with E-state index in [9.17, 15) is 14.9 Å². The molecule has 8 nitrogen and oxygen atoms in total. The molecule has 2 rings (SSSR count). The normalized spacial score (nSPS) is 22.8. The van der Waals surface area contributed by atoms with Crippen LogP contribution in [-0.2, 0) is 16.1 Å². The molecule has 0 saturated carbocycles. The molecule has 0 unspecified atom stereocenters. The average Bonchev–Trinajstić information content (AvgIpc) is 2.83. The minimum atomic E-state index is -0.552. The molecule has 0 spiro atoms. The van der Waals surface area contributed by atoms with Gasteiger partial charge < -0.3 is 24.3 Å². The Labute approximate surface area is 116 Å². The summed E-state index contributed by atoms with van der Waals surface area (Å²) >= 11 is 0. The van der Waals surface area contributed by atoms with Gasteiger partial charge in [0.05, 0.1) is 12.2 Å². The fourth-order valence-corrected chi connectivity index (χ4v) is 2.33. The molecule has 1 aliphatic heterocycles. The number of amides is 1. The van der Waals surface area contributed by atoms with Crippen LogP contribution in [-0.4, -0.2) is 50.6 Å². The van der Waals surface area contributed by atoms with E-state index in [-0.39, 0.29) is 23.9 Å². The number of hydrogen-bond donors (Lipinski definition) is 0. The highest BCUT2D eigenvalue weighted by atomic mass is 16.6. The lowest BCUT2D eigenvalue weighted by atomic mass is 10.2. The zero-order chi connectivity index (χ0) is 14.7. The number of aromatic nitrogens is 2. The molecule has 1 amide bonds. The van der Waals surface area contributed by atoms with E-state index in [1.54, 1.807) is 9.47 Å². The Hall–Kier alpha value is -1.96. The van der Waals surface area contributed by atoms with Crippen LogP contribution < -0.4 is 0 Å². The van der Waals surface area contributed by atoms with Gasteiger partial charge in [-0.25, -0.2) is 0 Å². The predicted octanol–water partition coefficient (Wildman–Crippen LogP) is 0.817. The van der Waals surface area contributed by atoms with Gasteiger partial charge in [0.2, 0.25) is 12.2 Å². The Kier molecular flexibility index (Phi) is 4.33. The molecule has 2 heterocycles. The van der Waals surface area contributed by atoms with Gasteiger partial charge in [-0.05, 0) is 23.8 Å². The van der Waals surface area contributed by atoms with E-state index in [1.807, 2.05) is 13.8 Å². The standard InChI is InChI=1S/C12H18N4O4/c1-9-5-15(6-10(2)20-9)12(17)3-4-14-7-11(13-8-14)16(18)19/h7-10H,3-6H2,1-2H3/t9-,10+. The third-order valence-corrected chi connectivity index (χ3v) is 3.16. The van der Waals surface area contributed by atoms with Crippen molar-refractivity contribution < 1.29 is 14.5 Å². The first-order valence-corrected chi connectivity index (χ1v) is 6.55. The van der Waals surface area contributed by atoms with Crippen LogP contribution >= 0.6 is 0 Å². The maximum atomic E-state index is 12.1. The van der Waals surface area contributed by atoms with Crippen LogP contribution in [0.2, 0.25) is 0 Å². The Morgan fingerprint density at radius 3 is 2.70 bits per heavy atom. The summed E-state index contributed by atoms with van der Waals surface area (Å²) < 4.78 is 7.13. The van der Waals surface area contributed by atoms with E-state index in [2.05, 4.69) is 4.98 Å². The minimum absolute atomic E-state index is 0.0309. The van der Waals surface area contributed by atoms with Gasteiger partial charge in [-0.1, -0.05) is 0 Å². The summed E-state index contributed by atoms with van der Waals surface area (Å²) in [6, 6.07) is 0. The molecule has 0 aromatic carbocycles. The molecule has 0 aliphatic carbocycles. The van der Waals surface area contributed by atoms with E-state index in [0.29, 0.717) is 26.1 Å². The van der Waals surface area contributed by atoms with Crippen molar-refractivity contribution in [3.63, 3.8) is 0 Å². The van der Waals surface area contributed by atoms with Crippen LogP contribution in [0.4, 0.5) is 5.82 Å². The minimum Gasteiger partial charge on any atom is -0.372 e. The lowest BCUT2D eigenvalue weighted by Gasteiger charge is -2.35. The van der Waals surface area contributed by atoms with Gasteiger partial charge in [0.1, 0.15) is 6.20 Å². The van der Waals surface area contributed by atoms with Crippen LogP contribution in [0.3, 0.4) is 0 Å². The highest BCUT2D eigenvalue weighted by Gasteiger charge is 2.25. The number of carbonyl (C=O) groups is 1. The number of imidazole rings is 1. The third kappa shape index (κ3) is 3.53. The highest BCUT2D eigenvalue weighted by Crippen LogP contribution is 2.12. The molecule has 1 aromatic rings. The summed E-state index contributed by atoms with van der Waals surface area (Å²) in [7, 11) is 0. The highest BCUT2D eigenvalue weighted by molar-refractivity contribution is 5.76. The molecule has 0 N–H and O–H groups in total. The number of ether oxygens (including phenoxy) is 1. The van der Waals surface area contributed by atoms with Gasteiger partial charge >= 0.3 is 5.82 Å². The fraction of sp³-hybridized carbons (Fsp3) is 0.667. The van der Waals surface area contributed by atoms with Gasteiger partial charge in [-0.3, -0.25) is 4.79 Å². The van der Waals surface area contributed by atoms with Crippen molar-refractivity contribution in [2.75, 3.05) is 13.1 Å². The van der Waals surface area contributed by atoms with Crippen molar-refractivity contribution in [3.8, 4) is 0 Å². The van der Waals surface area contributed by atoms with Crippen molar-refractivity contribution >= 4 is 11.7 Å². The average molecular weight is 282 g/mol. The van der Waals surface area contributed by atoms with Gasteiger partial charge in [0.15, 0.2) is 0 Å². The van der Waals surface area contributed by atoms with Crippen molar-refractivity contribution in [2.45, 2.75) is 39.0 Å². The number of carbonyl (C=O) groups excluding carboxylic acids is 1. The Balaban J connectivity index is 1.86. The molecule has 0 radical (unpaired) electrons. The second kappa shape index (κ2) is 6.00. The van der Waals surface area contributed by atoms with Crippen molar-refractivity contribution in [1.29, 1.82) is 0 Å². The first-order valence-electron chi connectivity index (χ1n) is 6.55. The molecule has 1 aliphatic rings. The van der Waals surface area contributed by atoms with E-state index < -0.39 is 4.92 Å². The maximum absolute atomic E-state index is 12.1. The summed E-state index contributed by atoms with van der Waals surface area (Å²) in [5.41, 5.74) is 0. The number of aryl methyl sites for hydroxylation is 1. The second-order valence-electron chi connectivity index (χ2n) is 5.03. The molecule has 8 heteroatoms. The molecule has 2 atom stereocenters. The third-order valence-electron chi connectivity index (χ3n) is 3.16. The number of nitrogens with zero attached hydrogens (tertiary/aromatic N) is 4. The smallest absolute Gasteiger partial charge is 0.372 e. The number of nitro groups is 1. The van der Waals surface area contributed by atoms with E-state index >= 15 is 0 Å². The number of hydrogen-bond acceptors (Lipinski definition) is 5. The summed E-state index contributed by atoms with van der Waals surface area (Å²) in [4.78, 5) is 27.5. The monoisotopic (exact) mass is 282 g/mol. The molecule has 20 heavy (non-hydrogen) atoms. The lowest BCUT2D eigenvalue weighted by molar-refractivity contribution is -0.389. The first-order chi connectivity index (χ1) is 9.45. The van der Waals surface area contributed by atoms with E-state index in [4.69, 9.17) is 4.74 Å². The predicted molar refractivity (Wildman–Crippen MR) is 70.1 cm³/mol. The van der Waals surface area contributed by atoms with Crippen LogP contribution in [0.5, 0.6) is 0 Å². The van der Waals surface area contributed by atoms with Crippen molar-refractivity contribution in [1.82, 2.24) is 14.5 Å². The van der Waals surface area contributed by atoms with Gasteiger partial charge in [-0.15, -0.1) is 0 Å². The number of rotatable bonds is 4.